The summed E-state index contributed by atoms with van der Waals surface area (Å²) < 4.78 is 3.28. The molecule has 0 bridgehead atoms. The molecule has 1 heterocycles. The standard InChI is InChI=1S/C27H32N2O4/c1-18(2)13-14-24-25(17-30)28(15-19(3)4)27(33)29(24)16-20-9-5-6-10-21(20)22-11-7-8-12-23(22)26(31)32/h5-12,17-19H,13-16H2,1-4H3,(H,31,32). The first kappa shape index (κ1) is 24.2. The Balaban J connectivity index is 2.17. The zero-order valence-corrected chi connectivity index (χ0v) is 19.7. The van der Waals surface area contributed by atoms with E-state index in [9.17, 15) is 19.5 Å². The minimum Gasteiger partial charge on any atom is -0.478 e. The van der Waals surface area contributed by atoms with E-state index in [-0.39, 0.29) is 23.7 Å². The number of rotatable bonds is 10. The van der Waals surface area contributed by atoms with E-state index >= 15 is 0 Å². The molecule has 0 saturated carbocycles. The molecule has 0 spiro atoms. The van der Waals surface area contributed by atoms with E-state index in [1.165, 1.54) is 0 Å². The first-order chi connectivity index (χ1) is 15.7. The summed E-state index contributed by atoms with van der Waals surface area (Å²) >= 11 is 0. The quantitative estimate of drug-likeness (QED) is 0.437. The summed E-state index contributed by atoms with van der Waals surface area (Å²) in [6.45, 7) is 9.01. The SMILES string of the molecule is CC(C)CCc1c(C=O)n(CC(C)C)c(=O)n1Cc1ccccc1-c1ccccc1C(=O)O. The lowest BCUT2D eigenvalue weighted by Crippen LogP contribution is -2.27. The highest BCUT2D eigenvalue weighted by Crippen LogP contribution is 2.28. The molecule has 6 nitrogen and oxygen atoms in total. The fourth-order valence-corrected chi connectivity index (χ4v) is 4.18. The van der Waals surface area contributed by atoms with Crippen molar-refractivity contribution in [3.05, 3.63) is 81.5 Å². The van der Waals surface area contributed by atoms with Crippen LogP contribution in [0, 0.1) is 11.8 Å². The molecule has 0 amide bonds. The molecule has 174 valence electrons. The van der Waals surface area contributed by atoms with Crippen molar-refractivity contribution >= 4 is 12.3 Å². The lowest BCUT2D eigenvalue weighted by atomic mass is 9.95. The van der Waals surface area contributed by atoms with Crippen LogP contribution in [0.5, 0.6) is 0 Å². The van der Waals surface area contributed by atoms with Crippen molar-refractivity contribution in [3.63, 3.8) is 0 Å². The van der Waals surface area contributed by atoms with Crippen LogP contribution in [0.15, 0.2) is 53.3 Å². The van der Waals surface area contributed by atoms with Gasteiger partial charge in [-0.3, -0.25) is 13.9 Å². The van der Waals surface area contributed by atoms with Crippen LogP contribution < -0.4 is 5.69 Å². The minimum atomic E-state index is -0.999. The van der Waals surface area contributed by atoms with Crippen LogP contribution in [0.3, 0.4) is 0 Å². The Hall–Kier alpha value is -3.41. The second kappa shape index (κ2) is 10.5. The normalized spacial score (nSPS) is 11.3. The fraction of sp³-hybridized carbons (Fsp3) is 0.370. The number of nitrogens with zero attached hydrogens (tertiary/aromatic N) is 2. The number of hydrogen-bond acceptors (Lipinski definition) is 3. The van der Waals surface area contributed by atoms with Crippen molar-refractivity contribution in [2.75, 3.05) is 0 Å². The van der Waals surface area contributed by atoms with Gasteiger partial charge in [0.1, 0.15) is 5.69 Å². The van der Waals surface area contributed by atoms with Crippen molar-refractivity contribution < 1.29 is 14.7 Å². The van der Waals surface area contributed by atoms with Gasteiger partial charge in [0.25, 0.3) is 0 Å². The average Bonchev–Trinajstić information content (AvgIpc) is 3.02. The molecule has 0 unspecified atom stereocenters. The van der Waals surface area contributed by atoms with Crippen molar-refractivity contribution in [2.24, 2.45) is 11.8 Å². The predicted molar refractivity (Wildman–Crippen MR) is 130 cm³/mol. The molecule has 0 aliphatic carbocycles. The third-order valence-corrected chi connectivity index (χ3v) is 5.79. The molecule has 0 aliphatic rings. The van der Waals surface area contributed by atoms with Crippen molar-refractivity contribution in [1.29, 1.82) is 0 Å². The lowest BCUT2D eigenvalue weighted by molar-refractivity contribution is 0.0697. The Morgan fingerprint density at radius 1 is 0.939 bits per heavy atom. The molecular formula is C27H32N2O4. The van der Waals surface area contributed by atoms with E-state index in [0.717, 1.165) is 29.5 Å². The number of aromatic nitrogens is 2. The van der Waals surface area contributed by atoms with Crippen molar-refractivity contribution in [1.82, 2.24) is 9.13 Å². The highest BCUT2D eigenvalue weighted by atomic mass is 16.4. The molecule has 2 aromatic carbocycles. The summed E-state index contributed by atoms with van der Waals surface area (Å²) in [5, 5.41) is 9.68. The largest absolute Gasteiger partial charge is 0.478 e. The second-order valence-corrected chi connectivity index (χ2v) is 9.26. The number of aldehydes is 1. The van der Waals surface area contributed by atoms with Gasteiger partial charge in [-0.15, -0.1) is 0 Å². The number of benzene rings is 2. The maximum Gasteiger partial charge on any atom is 0.336 e. The zero-order valence-electron chi connectivity index (χ0n) is 19.7. The van der Waals surface area contributed by atoms with E-state index in [1.54, 1.807) is 27.3 Å². The monoisotopic (exact) mass is 448 g/mol. The molecule has 33 heavy (non-hydrogen) atoms. The van der Waals surface area contributed by atoms with Gasteiger partial charge in [-0.25, -0.2) is 9.59 Å². The topological polar surface area (TPSA) is 81.3 Å². The summed E-state index contributed by atoms with van der Waals surface area (Å²) in [7, 11) is 0. The van der Waals surface area contributed by atoms with Crippen LogP contribution >= 0.6 is 0 Å². The van der Waals surface area contributed by atoms with Gasteiger partial charge < -0.3 is 5.11 Å². The summed E-state index contributed by atoms with van der Waals surface area (Å²) in [5.74, 6) is -0.359. The van der Waals surface area contributed by atoms with E-state index in [4.69, 9.17) is 0 Å². The predicted octanol–water partition coefficient (Wildman–Crippen LogP) is 5.12. The highest BCUT2D eigenvalue weighted by molar-refractivity contribution is 5.96. The number of aromatic carboxylic acids is 1. The molecule has 0 aliphatic heterocycles. The fourth-order valence-electron chi connectivity index (χ4n) is 4.18. The first-order valence-corrected chi connectivity index (χ1v) is 11.4. The van der Waals surface area contributed by atoms with Gasteiger partial charge in [-0.2, -0.15) is 0 Å². The summed E-state index contributed by atoms with van der Waals surface area (Å²) in [4.78, 5) is 37.3. The number of imidazole rings is 1. The number of carbonyl (C=O) groups is 2. The average molecular weight is 449 g/mol. The van der Waals surface area contributed by atoms with E-state index in [0.29, 0.717) is 30.1 Å². The number of carbonyl (C=O) groups excluding carboxylic acids is 1. The van der Waals surface area contributed by atoms with Crippen LogP contribution in [0.25, 0.3) is 11.1 Å². The molecule has 0 radical (unpaired) electrons. The molecule has 1 N–H and O–H groups in total. The van der Waals surface area contributed by atoms with Gasteiger partial charge in [0.05, 0.1) is 17.8 Å². The van der Waals surface area contributed by atoms with Crippen molar-refractivity contribution in [3.8, 4) is 11.1 Å². The van der Waals surface area contributed by atoms with Gasteiger partial charge >= 0.3 is 11.7 Å². The van der Waals surface area contributed by atoms with Gasteiger partial charge in [-0.1, -0.05) is 70.2 Å². The smallest absolute Gasteiger partial charge is 0.336 e. The Morgan fingerprint density at radius 2 is 1.58 bits per heavy atom. The molecule has 0 saturated heterocycles. The zero-order chi connectivity index (χ0) is 24.1. The van der Waals surface area contributed by atoms with E-state index < -0.39 is 5.97 Å². The van der Waals surface area contributed by atoms with Gasteiger partial charge in [0.15, 0.2) is 6.29 Å². The van der Waals surface area contributed by atoms with E-state index in [2.05, 4.69) is 13.8 Å². The Morgan fingerprint density at radius 3 is 2.18 bits per heavy atom. The Kier molecular flexibility index (Phi) is 7.69. The minimum absolute atomic E-state index is 0.203. The van der Waals surface area contributed by atoms with Crippen molar-refractivity contribution in [2.45, 2.75) is 53.6 Å². The highest BCUT2D eigenvalue weighted by Gasteiger charge is 2.22. The molecule has 0 fully saturated rings. The summed E-state index contributed by atoms with van der Waals surface area (Å²) in [5.41, 5.74) is 3.40. The third-order valence-electron chi connectivity index (χ3n) is 5.79. The van der Waals surface area contributed by atoms with Gasteiger partial charge in [0.2, 0.25) is 0 Å². The molecular weight excluding hydrogens is 416 g/mol. The number of hydrogen-bond donors (Lipinski definition) is 1. The second-order valence-electron chi connectivity index (χ2n) is 9.26. The molecule has 1 aromatic heterocycles. The summed E-state index contributed by atoms with van der Waals surface area (Å²) in [6.07, 6.45) is 2.27. The van der Waals surface area contributed by atoms with Crippen LogP contribution in [0.1, 0.15) is 66.2 Å². The molecule has 3 aromatic rings. The van der Waals surface area contributed by atoms with Crippen LogP contribution in [-0.4, -0.2) is 26.5 Å². The lowest BCUT2D eigenvalue weighted by Gasteiger charge is -2.14. The third kappa shape index (κ3) is 5.33. The Labute approximate surface area is 194 Å². The Bertz CT molecular complexity index is 1200. The number of carboxylic acid groups (broad SMARTS) is 1. The van der Waals surface area contributed by atoms with Gasteiger partial charge in [-0.05, 0) is 47.4 Å². The molecule has 3 rings (SSSR count). The van der Waals surface area contributed by atoms with Gasteiger partial charge in [0, 0.05) is 6.54 Å². The molecule has 6 heteroatoms. The van der Waals surface area contributed by atoms with Crippen LogP contribution in [0.4, 0.5) is 0 Å². The molecule has 0 atom stereocenters. The maximum atomic E-state index is 13.4. The van der Waals surface area contributed by atoms with E-state index in [1.807, 2.05) is 44.2 Å². The maximum absolute atomic E-state index is 13.4. The van der Waals surface area contributed by atoms with Crippen LogP contribution in [-0.2, 0) is 19.5 Å². The van der Waals surface area contributed by atoms with Crippen LogP contribution in [0.2, 0.25) is 0 Å². The first-order valence-electron chi connectivity index (χ1n) is 11.4. The summed E-state index contributed by atoms with van der Waals surface area (Å²) in [6, 6.07) is 14.4. The number of carboxylic acids is 1.